The van der Waals surface area contributed by atoms with Crippen molar-refractivity contribution < 1.29 is 9.59 Å². The summed E-state index contributed by atoms with van der Waals surface area (Å²) < 4.78 is 0. The predicted molar refractivity (Wildman–Crippen MR) is 69.1 cm³/mol. The molecule has 5 heteroatoms. The molecule has 0 bridgehead atoms. The van der Waals surface area contributed by atoms with Gasteiger partial charge in [-0.1, -0.05) is 12.8 Å². The van der Waals surface area contributed by atoms with Gasteiger partial charge in [0.05, 0.1) is 0 Å². The normalized spacial score (nSPS) is 22.2. The fraction of sp³-hybridized carbons (Fsp3) is 0.846. The fourth-order valence-corrected chi connectivity index (χ4v) is 2.65. The minimum Gasteiger partial charge on any atom is -0.353 e. The van der Waals surface area contributed by atoms with Crippen LogP contribution in [0.15, 0.2) is 0 Å². The third kappa shape index (κ3) is 3.70. The highest BCUT2D eigenvalue weighted by atomic mass is 16.2. The highest BCUT2D eigenvalue weighted by molar-refractivity contribution is 5.97. The van der Waals surface area contributed by atoms with E-state index in [9.17, 15) is 9.59 Å². The predicted octanol–water partition coefficient (Wildman–Crippen LogP) is 0.209. The van der Waals surface area contributed by atoms with Gasteiger partial charge in [0.1, 0.15) is 6.42 Å². The second-order valence-corrected chi connectivity index (χ2v) is 5.41. The zero-order valence-electron chi connectivity index (χ0n) is 11.2. The van der Waals surface area contributed by atoms with E-state index in [0.717, 1.165) is 39.0 Å². The molecule has 1 saturated heterocycles. The van der Waals surface area contributed by atoms with Crippen LogP contribution in [0.4, 0.5) is 0 Å². The number of amides is 2. The van der Waals surface area contributed by atoms with Crippen LogP contribution in [-0.2, 0) is 9.59 Å². The molecule has 2 fully saturated rings. The number of likely N-dealkylation sites (N-methyl/N-ethyl adjacent to an activating group) is 1. The Labute approximate surface area is 108 Å². The van der Waals surface area contributed by atoms with Gasteiger partial charge in [-0.15, -0.1) is 0 Å². The molecule has 2 amide bonds. The van der Waals surface area contributed by atoms with E-state index in [1.165, 1.54) is 12.8 Å². The maximum atomic E-state index is 11.9. The average Bonchev–Trinajstić information content (AvgIpc) is 2.82. The minimum absolute atomic E-state index is 0.0141. The van der Waals surface area contributed by atoms with Crippen molar-refractivity contribution >= 4 is 11.8 Å². The molecule has 0 aromatic carbocycles. The van der Waals surface area contributed by atoms with Crippen molar-refractivity contribution in [3.63, 3.8) is 0 Å². The molecule has 0 spiro atoms. The lowest BCUT2D eigenvalue weighted by molar-refractivity contribution is -0.137. The maximum absolute atomic E-state index is 11.9. The summed E-state index contributed by atoms with van der Waals surface area (Å²) in [4.78, 5) is 27.7. The van der Waals surface area contributed by atoms with Gasteiger partial charge in [0.25, 0.3) is 0 Å². The number of piperazine rings is 1. The van der Waals surface area contributed by atoms with Gasteiger partial charge >= 0.3 is 0 Å². The standard InChI is InChI=1S/C13H23N3O2/c1-15-6-8-16(9-7-15)13(18)10-12(17)14-11-4-2-3-5-11/h11H,2-10H2,1H3,(H,14,17). The number of hydrogen-bond acceptors (Lipinski definition) is 3. The number of rotatable bonds is 3. The van der Waals surface area contributed by atoms with Gasteiger partial charge in [-0.25, -0.2) is 0 Å². The molecule has 0 atom stereocenters. The molecule has 2 rings (SSSR count). The molecule has 0 unspecified atom stereocenters. The lowest BCUT2D eigenvalue weighted by Crippen LogP contribution is -2.48. The third-order valence-corrected chi connectivity index (χ3v) is 3.89. The van der Waals surface area contributed by atoms with Crippen LogP contribution in [0.1, 0.15) is 32.1 Å². The summed E-state index contributed by atoms with van der Waals surface area (Å²) in [5.41, 5.74) is 0. The summed E-state index contributed by atoms with van der Waals surface area (Å²) in [5.74, 6) is -0.135. The van der Waals surface area contributed by atoms with E-state index in [1.54, 1.807) is 4.90 Å². The summed E-state index contributed by atoms with van der Waals surface area (Å²) in [5, 5.41) is 2.96. The summed E-state index contributed by atoms with van der Waals surface area (Å²) in [7, 11) is 2.05. The number of nitrogens with zero attached hydrogens (tertiary/aromatic N) is 2. The van der Waals surface area contributed by atoms with Gasteiger partial charge in [0.2, 0.25) is 11.8 Å². The smallest absolute Gasteiger partial charge is 0.232 e. The lowest BCUT2D eigenvalue weighted by Gasteiger charge is -2.32. The third-order valence-electron chi connectivity index (χ3n) is 3.89. The molecule has 0 aromatic heterocycles. The van der Waals surface area contributed by atoms with Crippen LogP contribution >= 0.6 is 0 Å². The van der Waals surface area contributed by atoms with Crippen molar-refractivity contribution in [3.05, 3.63) is 0 Å². The van der Waals surface area contributed by atoms with Gasteiger partial charge < -0.3 is 15.1 Å². The van der Waals surface area contributed by atoms with Gasteiger partial charge in [0, 0.05) is 32.2 Å². The van der Waals surface area contributed by atoms with Gasteiger partial charge in [-0.3, -0.25) is 9.59 Å². The molecule has 2 aliphatic rings. The van der Waals surface area contributed by atoms with Crippen LogP contribution in [0, 0.1) is 0 Å². The van der Waals surface area contributed by atoms with Crippen molar-refractivity contribution in [1.82, 2.24) is 15.1 Å². The Morgan fingerprint density at radius 2 is 1.72 bits per heavy atom. The number of carbonyl (C=O) groups is 2. The SMILES string of the molecule is CN1CCN(C(=O)CC(=O)NC2CCCC2)CC1. The van der Waals surface area contributed by atoms with E-state index >= 15 is 0 Å². The first kappa shape index (κ1) is 13.3. The average molecular weight is 253 g/mol. The second kappa shape index (κ2) is 6.18. The molecule has 1 saturated carbocycles. The van der Waals surface area contributed by atoms with Crippen molar-refractivity contribution in [1.29, 1.82) is 0 Å². The highest BCUT2D eigenvalue weighted by Gasteiger charge is 2.23. The van der Waals surface area contributed by atoms with Crippen molar-refractivity contribution in [2.24, 2.45) is 0 Å². The summed E-state index contributed by atoms with van der Waals surface area (Å²) in [6, 6.07) is 0.304. The number of hydrogen-bond donors (Lipinski definition) is 1. The maximum Gasteiger partial charge on any atom is 0.232 e. The van der Waals surface area contributed by atoms with Gasteiger partial charge in [-0.2, -0.15) is 0 Å². The molecule has 102 valence electrons. The van der Waals surface area contributed by atoms with Gasteiger partial charge in [0.15, 0.2) is 0 Å². The quantitative estimate of drug-likeness (QED) is 0.732. The summed E-state index contributed by atoms with van der Waals surface area (Å²) >= 11 is 0. The summed E-state index contributed by atoms with van der Waals surface area (Å²) in [6.07, 6.45) is 4.53. The van der Waals surface area contributed by atoms with Crippen molar-refractivity contribution in [2.45, 2.75) is 38.1 Å². The topological polar surface area (TPSA) is 52.7 Å². The largest absolute Gasteiger partial charge is 0.353 e. The molecule has 1 heterocycles. The Balaban J connectivity index is 1.71. The Morgan fingerprint density at radius 1 is 1.11 bits per heavy atom. The van der Waals surface area contributed by atoms with Gasteiger partial charge in [-0.05, 0) is 19.9 Å². The first-order chi connectivity index (χ1) is 8.65. The van der Waals surface area contributed by atoms with Crippen LogP contribution in [0.25, 0.3) is 0 Å². The fourth-order valence-electron chi connectivity index (χ4n) is 2.65. The van der Waals surface area contributed by atoms with E-state index in [4.69, 9.17) is 0 Å². The van der Waals surface area contributed by atoms with Crippen LogP contribution < -0.4 is 5.32 Å². The zero-order chi connectivity index (χ0) is 13.0. The molecule has 1 N–H and O–H groups in total. The van der Waals surface area contributed by atoms with Crippen molar-refractivity contribution in [3.8, 4) is 0 Å². The Morgan fingerprint density at radius 3 is 2.33 bits per heavy atom. The Kier molecular flexibility index (Phi) is 4.58. The monoisotopic (exact) mass is 253 g/mol. The molecule has 5 nitrogen and oxygen atoms in total. The van der Waals surface area contributed by atoms with Crippen LogP contribution in [-0.4, -0.2) is 60.9 Å². The van der Waals surface area contributed by atoms with E-state index in [0.29, 0.717) is 6.04 Å². The zero-order valence-corrected chi connectivity index (χ0v) is 11.2. The first-order valence-electron chi connectivity index (χ1n) is 6.91. The number of carbonyl (C=O) groups excluding carboxylic acids is 2. The molecular weight excluding hydrogens is 230 g/mol. The molecule has 0 aromatic rings. The van der Waals surface area contributed by atoms with Crippen molar-refractivity contribution in [2.75, 3.05) is 33.2 Å². The molecule has 18 heavy (non-hydrogen) atoms. The van der Waals surface area contributed by atoms with E-state index in [1.807, 2.05) is 0 Å². The molecular formula is C13H23N3O2. The molecule has 0 radical (unpaired) electrons. The summed E-state index contributed by atoms with van der Waals surface area (Å²) in [6.45, 7) is 3.28. The van der Waals surface area contributed by atoms with E-state index < -0.39 is 0 Å². The van der Waals surface area contributed by atoms with E-state index in [2.05, 4.69) is 17.3 Å². The molecule has 1 aliphatic heterocycles. The van der Waals surface area contributed by atoms with Crippen LogP contribution in [0.2, 0.25) is 0 Å². The first-order valence-corrected chi connectivity index (χ1v) is 6.91. The Bertz CT molecular complexity index is 305. The van der Waals surface area contributed by atoms with Crippen LogP contribution in [0.3, 0.4) is 0 Å². The Hall–Kier alpha value is -1.10. The lowest BCUT2D eigenvalue weighted by atomic mass is 10.2. The van der Waals surface area contributed by atoms with Crippen LogP contribution in [0.5, 0.6) is 0 Å². The molecule has 1 aliphatic carbocycles. The number of nitrogens with one attached hydrogen (secondary N) is 1. The highest BCUT2D eigenvalue weighted by Crippen LogP contribution is 2.17. The van der Waals surface area contributed by atoms with E-state index in [-0.39, 0.29) is 18.2 Å². The second-order valence-electron chi connectivity index (χ2n) is 5.41. The minimum atomic E-state index is -0.106.